The minimum atomic E-state index is -0.345. The van der Waals surface area contributed by atoms with Crippen molar-refractivity contribution >= 4 is 45.3 Å². The van der Waals surface area contributed by atoms with Gasteiger partial charge in [0.05, 0.1) is 10.4 Å². The van der Waals surface area contributed by atoms with Crippen molar-refractivity contribution in [3.8, 4) is 0 Å². The maximum Gasteiger partial charge on any atom is 0.268 e. The van der Waals surface area contributed by atoms with Gasteiger partial charge in [-0.15, -0.1) is 21.5 Å². The molecule has 0 bridgehead atoms. The molecular formula is C15H10FN5OS. The highest BCUT2D eigenvalue weighted by atomic mass is 32.1. The maximum atomic E-state index is 13.4. The summed E-state index contributed by atoms with van der Waals surface area (Å²) < 4.78 is 15.2. The topological polar surface area (TPSA) is 72.7 Å². The molecule has 0 fully saturated rings. The van der Waals surface area contributed by atoms with E-state index in [1.165, 1.54) is 23.5 Å². The molecule has 1 aromatic carbocycles. The molecule has 6 nitrogen and oxygen atoms in total. The van der Waals surface area contributed by atoms with E-state index in [0.29, 0.717) is 21.4 Å². The van der Waals surface area contributed by atoms with Gasteiger partial charge in [0.1, 0.15) is 11.3 Å². The molecule has 3 heterocycles. The number of thiophene rings is 1. The number of aromatic nitrogens is 4. The Labute approximate surface area is 133 Å². The SMILES string of the molecule is Cn1c2ccc(F)cc2c2nnc(NC(=O)c3cccs3)nc21. The highest BCUT2D eigenvalue weighted by Crippen LogP contribution is 2.26. The number of aryl methyl sites for hydroxylation is 1. The minimum Gasteiger partial charge on any atom is -0.327 e. The van der Waals surface area contributed by atoms with Crippen molar-refractivity contribution in [3.63, 3.8) is 0 Å². The Hall–Kier alpha value is -2.87. The largest absolute Gasteiger partial charge is 0.327 e. The zero-order valence-electron chi connectivity index (χ0n) is 11.9. The third-order valence-corrected chi connectivity index (χ3v) is 4.40. The lowest BCUT2D eigenvalue weighted by atomic mass is 10.2. The lowest BCUT2D eigenvalue weighted by molar-refractivity contribution is 0.102. The predicted octanol–water partition coefficient (Wildman–Crippen LogP) is 2.97. The van der Waals surface area contributed by atoms with Crippen molar-refractivity contribution in [2.45, 2.75) is 0 Å². The minimum absolute atomic E-state index is 0.113. The quantitative estimate of drug-likeness (QED) is 0.614. The summed E-state index contributed by atoms with van der Waals surface area (Å²) in [4.78, 5) is 16.9. The number of halogens is 1. The monoisotopic (exact) mass is 327 g/mol. The van der Waals surface area contributed by atoms with Gasteiger partial charge >= 0.3 is 0 Å². The van der Waals surface area contributed by atoms with E-state index >= 15 is 0 Å². The number of carbonyl (C=O) groups is 1. The molecule has 0 saturated carbocycles. The molecule has 0 aliphatic carbocycles. The van der Waals surface area contributed by atoms with Gasteiger partial charge in [0, 0.05) is 12.4 Å². The van der Waals surface area contributed by atoms with Gasteiger partial charge in [-0.3, -0.25) is 10.1 Å². The van der Waals surface area contributed by atoms with Crippen LogP contribution in [0, 0.1) is 5.82 Å². The van der Waals surface area contributed by atoms with Gasteiger partial charge in [-0.25, -0.2) is 4.39 Å². The predicted molar refractivity (Wildman–Crippen MR) is 86.0 cm³/mol. The Morgan fingerprint density at radius 1 is 1.30 bits per heavy atom. The summed E-state index contributed by atoms with van der Waals surface area (Å²) >= 11 is 1.33. The molecule has 0 spiro atoms. The summed E-state index contributed by atoms with van der Waals surface area (Å²) in [6.07, 6.45) is 0. The lowest BCUT2D eigenvalue weighted by Crippen LogP contribution is -2.13. The van der Waals surface area contributed by atoms with Crippen molar-refractivity contribution < 1.29 is 9.18 Å². The number of carbonyl (C=O) groups excluding carboxylic acids is 1. The van der Waals surface area contributed by atoms with Crippen molar-refractivity contribution in [3.05, 3.63) is 46.4 Å². The number of fused-ring (bicyclic) bond motifs is 3. The van der Waals surface area contributed by atoms with Gasteiger partial charge in [-0.2, -0.15) is 4.98 Å². The van der Waals surface area contributed by atoms with Crippen molar-refractivity contribution in [1.82, 2.24) is 19.7 Å². The number of nitrogens with one attached hydrogen (secondary N) is 1. The fraction of sp³-hybridized carbons (Fsp3) is 0.0667. The summed E-state index contributed by atoms with van der Waals surface area (Å²) in [5, 5.41) is 13.1. The van der Waals surface area contributed by atoms with Gasteiger partial charge in [-0.05, 0) is 29.6 Å². The zero-order chi connectivity index (χ0) is 16.0. The summed E-state index contributed by atoms with van der Waals surface area (Å²) in [5.74, 6) is -0.518. The number of hydrogen-bond acceptors (Lipinski definition) is 5. The second-order valence-corrected chi connectivity index (χ2v) is 5.91. The molecule has 0 unspecified atom stereocenters. The zero-order valence-corrected chi connectivity index (χ0v) is 12.8. The Kier molecular flexibility index (Phi) is 3.05. The molecular weight excluding hydrogens is 317 g/mol. The van der Waals surface area contributed by atoms with E-state index in [2.05, 4.69) is 20.5 Å². The highest BCUT2D eigenvalue weighted by molar-refractivity contribution is 7.12. The molecule has 0 saturated heterocycles. The van der Waals surface area contributed by atoms with Crippen LogP contribution in [-0.4, -0.2) is 25.7 Å². The van der Waals surface area contributed by atoms with Crippen LogP contribution >= 0.6 is 11.3 Å². The van der Waals surface area contributed by atoms with Crippen LogP contribution < -0.4 is 5.32 Å². The molecule has 1 amide bonds. The van der Waals surface area contributed by atoms with E-state index in [4.69, 9.17) is 0 Å². The van der Waals surface area contributed by atoms with Gasteiger partial charge in [-0.1, -0.05) is 6.07 Å². The van der Waals surface area contributed by atoms with Crippen LogP contribution in [0.1, 0.15) is 9.67 Å². The molecule has 4 aromatic rings. The molecule has 0 aliphatic rings. The van der Waals surface area contributed by atoms with Crippen LogP contribution in [0.3, 0.4) is 0 Å². The second kappa shape index (κ2) is 5.10. The first-order valence-corrected chi connectivity index (χ1v) is 7.64. The van der Waals surface area contributed by atoms with Crippen LogP contribution in [-0.2, 0) is 7.05 Å². The first-order chi connectivity index (χ1) is 11.1. The van der Waals surface area contributed by atoms with E-state index in [9.17, 15) is 9.18 Å². The molecule has 0 aliphatic heterocycles. The molecule has 0 radical (unpaired) electrons. The molecule has 3 aromatic heterocycles. The first-order valence-electron chi connectivity index (χ1n) is 6.77. The van der Waals surface area contributed by atoms with Crippen LogP contribution in [0.25, 0.3) is 22.1 Å². The summed E-state index contributed by atoms with van der Waals surface area (Å²) in [6.45, 7) is 0. The third kappa shape index (κ3) is 2.23. The molecule has 8 heteroatoms. The van der Waals surface area contributed by atoms with E-state index in [1.54, 1.807) is 22.8 Å². The number of anilines is 1. The second-order valence-electron chi connectivity index (χ2n) is 4.96. The lowest BCUT2D eigenvalue weighted by Gasteiger charge is -2.01. The summed E-state index contributed by atoms with van der Waals surface area (Å²) in [6, 6.07) is 7.95. The van der Waals surface area contributed by atoms with Crippen LogP contribution in [0.5, 0.6) is 0 Å². The van der Waals surface area contributed by atoms with E-state index in [-0.39, 0.29) is 17.7 Å². The fourth-order valence-corrected chi connectivity index (χ4v) is 3.07. The standard InChI is InChI=1S/C15H10FN5OS/c1-21-10-5-4-8(16)7-9(10)12-13(21)17-15(20-19-12)18-14(22)11-3-2-6-23-11/h2-7H,1H3,(H,17,18,20,22). The van der Waals surface area contributed by atoms with E-state index < -0.39 is 0 Å². The molecule has 23 heavy (non-hydrogen) atoms. The Morgan fingerprint density at radius 3 is 2.96 bits per heavy atom. The molecule has 4 rings (SSSR count). The number of rotatable bonds is 2. The number of benzene rings is 1. The van der Waals surface area contributed by atoms with E-state index in [1.807, 2.05) is 12.4 Å². The van der Waals surface area contributed by atoms with Crippen LogP contribution in [0.15, 0.2) is 35.7 Å². The molecule has 114 valence electrons. The summed E-state index contributed by atoms with van der Waals surface area (Å²) in [7, 11) is 1.81. The number of hydrogen-bond donors (Lipinski definition) is 1. The Bertz CT molecular complexity index is 1040. The van der Waals surface area contributed by atoms with Gasteiger partial charge < -0.3 is 4.57 Å². The average Bonchev–Trinajstić information content (AvgIpc) is 3.16. The fourth-order valence-electron chi connectivity index (χ4n) is 2.45. The van der Waals surface area contributed by atoms with Gasteiger partial charge in [0.15, 0.2) is 5.65 Å². The van der Waals surface area contributed by atoms with Crippen LogP contribution in [0.2, 0.25) is 0 Å². The summed E-state index contributed by atoms with van der Waals surface area (Å²) in [5.41, 5.74) is 1.82. The molecule has 0 atom stereocenters. The Morgan fingerprint density at radius 2 is 2.17 bits per heavy atom. The Balaban J connectivity index is 1.80. The van der Waals surface area contributed by atoms with Crippen molar-refractivity contribution in [2.75, 3.05) is 5.32 Å². The maximum absolute atomic E-state index is 13.4. The van der Waals surface area contributed by atoms with Gasteiger partial charge in [0.25, 0.3) is 11.9 Å². The van der Waals surface area contributed by atoms with Crippen molar-refractivity contribution in [1.29, 1.82) is 0 Å². The number of nitrogens with zero attached hydrogens (tertiary/aromatic N) is 4. The normalized spacial score (nSPS) is 11.2. The first kappa shape index (κ1) is 13.8. The van der Waals surface area contributed by atoms with E-state index in [0.717, 1.165) is 5.52 Å². The molecule has 1 N–H and O–H groups in total. The smallest absolute Gasteiger partial charge is 0.268 e. The van der Waals surface area contributed by atoms with Gasteiger partial charge in [0.2, 0.25) is 0 Å². The highest BCUT2D eigenvalue weighted by Gasteiger charge is 2.15. The third-order valence-electron chi connectivity index (χ3n) is 3.53. The van der Waals surface area contributed by atoms with Crippen LogP contribution in [0.4, 0.5) is 10.3 Å². The van der Waals surface area contributed by atoms with Crippen molar-refractivity contribution in [2.24, 2.45) is 7.05 Å². The number of amides is 1. The average molecular weight is 327 g/mol.